The van der Waals surface area contributed by atoms with Crippen molar-refractivity contribution in [2.45, 2.75) is 52.1 Å². The lowest BCUT2D eigenvalue weighted by molar-refractivity contribution is -0.107. The molecule has 2 saturated heterocycles. The minimum atomic E-state index is -0.385. The molecule has 1 saturated carbocycles. The molecule has 3 fully saturated rings. The Kier molecular flexibility index (Phi) is 2.86. The van der Waals surface area contributed by atoms with Gasteiger partial charge in [0.2, 0.25) is 0 Å². The number of rotatable bonds is 0. The van der Waals surface area contributed by atoms with E-state index in [9.17, 15) is 4.79 Å². The van der Waals surface area contributed by atoms with Gasteiger partial charge < -0.3 is 15.0 Å². The Hall–Kier alpha value is -0.770. The van der Waals surface area contributed by atoms with Gasteiger partial charge in [0.15, 0.2) is 0 Å². The maximum atomic E-state index is 12.0. The summed E-state index contributed by atoms with van der Waals surface area (Å²) < 4.78 is 5.45. The molecule has 19 heavy (non-hydrogen) atoms. The van der Waals surface area contributed by atoms with E-state index in [1.165, 1.54) is 25.9 Å². The molecule has 4 nitrogen and oxygen atoms in total. The quantitative estimate of drug-likeness (QED) is 0.732. The van der Waals surface area contributed by atoms with Gasteiger partial charge in [-0.2, -0.15) is 0 Å². The molecule has 1 amide bonds. The number of nitrogens with zero attached hydrogens (tertiary/aromatic N) is 1. The predicted octanol–water partition coefficient (Wildman–Crippen LogP) is 2.39. The number of nitrogens with one attached hydrogen (secondary N) is 1. The van der Waals surface area contributed by atoms with Gasteiger partial charge in [0, 0.05) is 26.2 Å². The maximum Gasteiger partial charge on any atom is 0.410 e. The average molecular weight is 266 g/mol. The summed E-state index contributed by atoms with van der Waals surface area (Å²) in [4.78, 5) is 13.9. The number of hydrogen-bond acceptors (Lipinski definition) is 3. The molecule has 3 aliphatic rings. The molecule has 0 atom stereocenters. The van der Waals surface area contributed by atoms with Gasteiger partial charge in [0.05, 0.1) is 0 Å². The first kappa shape index (κ1) is 13.2. The third-order valence-corrected chi connectivity index (χ3v) is 4.98. The van der Waals surface area contributed by atoms with Gasteiger partial charge in [-0.1, -0.05) is 0 Å². The second-order valence-electron chi connectivity index (χ2n) is 7.92. The van der Waals surface area contributed by atoms with Crippen LogP contribution in [0.15, 0.2) is 0 Å². The van der Waals surface area contributed by atoms with E-state index in [1.54, 1.807) is 0 Å². The predicted molar refractivity (Wildman–Crippen MR) is 74.0 cm³/mol. The van der Waals surface area contributed by atoms with E-state index in [0.717, 1.165) is 25.9 Å². The zero-order valence-corrected chi connectivity index (χ0v) is 12.4. The van der Waals surface area contributed by atoms with Crippen LogP contribution < -0.4 is 5.32 Å². The topological polar surface area (TPSA) is 41.6 Å². The minimum absolute atomic E-state index is 0.137. The van der Waals surface area contributed by atoms with Crippen LogP contribution in [-0.2, 0) is 4.74 Å². The van der Waals surface area contributed by atoms with Crippen molar-refractivity contribution in [3.63, 3.8) is 0 Å². The highest BCUT2D eigenvalue weighted by Crippen LogP contribution is 2.61. The van der Waals surface area contributed by atoms with Crippen molar-refractivity contribution in [1.82, 2.24) is 10.2 Å². The van der Waals surface area contributed by atoms with Crippen LogP contribution >= 0.6 is 0 Å². The molecule has 2 aliphatic heterocycles. The standard InChI is InChI=1S/C15H26N2O2/c1-13(2,3)19-12(18)17-6-4-14(5-7-17)8-15(9-14)10-16-11-15/h16H,4-11H2,1-3H3. The smallest absolute Gasteiger partial charge is 0.410 e. The highest BCUT2D eigenvalue weighted by Gasteiger charge is 2.57. The van der Waals surface area contributed by atoms with Crippen molar-refractivity contribution in [3.8, 4) is 0 Å². The summed E-state index contributed by atoms with van der Waals surface area (Å²) in [5.41, 5.74) is 0.791. The Labute approximate surface area is 115 Å². The fraction of sp³-hybridized carbons (Fsp3) is 0.933. The van der Waals surface area contributed by atoms with Crippen LogP contribution in [-0.4, -0.2) is 42.8 Å². The summed E-state index contributed by atoms with van der Waals surface area (Å²) in [6.07, 6.45) is 4.92. The van der Waals surface area contributed by atoms with Crippen molar-refractivity contribution < 1.29 is 9.53 Å². The number of hydrogen-bond donors (Lipinski definition) is 1. The normalized spacial score (nSPS) is 27.8. The third-order valence-electron chi connectivity index (χ3n) is 4.98. The summed E-state index contributed by atoms with van der Waals surface area (Å²) in [7, 11) is 0. The molecule has 2 spiro atoms. The van der Waals surface area contributed by atoms with Crippen molar-refractivity contribution >= 4 is 6.09 Å². The molecule has 1 N–H and O–H groups in total. The molecule has 0 bridgehead atoms. The van der Waals surface area contributed by atoms with Crippen LogP contribution in [0, 0.1) is 10.8 Å². The summed E-state index contributed by atoms with van der Waals surface area (Å²) in [6, 6.07) is 0. The molecule has 1 aliphatic carbocycles. The number of carbonyl (C=O) groups is 1. The lowest BCUT2D eigenvalue weighted by Gasteiger charge is -2.63. The fourth-order valence-electron chi connectivity index (χ4n) is 4.11. The third kappa shape index (κ3) is 2.47. The fourth-order valence-corrected chi connectivity index (χ4v) is 4.11. The van der Waals surface area contributed by atoms with E-state index >= 15 is 0 Å². The van der Waals surface area contributed by atoms with Gasteiger partial charge in [0.1, 0.15) is 5.60 Å². The van der Waals surface area contributed by atoms with Crippen molar-refractivity contribution in [2.75, 3.05) is 26.2 Å². The Morgan fingerprint density at radius 2 is 1.68 bits per heavy atom. The number of ether oxygens (including phenoxy) is 1. The maximum absolute atomic E-state index is 12.0. The molecule has 108 valence electrons. The zero-order chi connectivity index (χ0) is 13.7. The van der Waals surface area contributed by atoms with E-state index in [-0.39, 0.29) is 11.7 Å². The zero-order valence-electron chi connectivity index (χ0n) is 12.4. The average Bonchev–Trinajstić information content (AvgIpc) is 2.21. The van der Waals surface area contributed by atoms with E-state index in [4.69, 9.17) is 4.74 Å². The van der Waals surface area contributed by atoms with Crippen molar-refractivity contribution in [1.29, 1.82) is 0 Å². The van der Waals surface area contributed by atoms with Gasteiger partial charge in [-0.25, -0.2) is 4.79 Å². The summed E-state index contributed by atoms with van der Waals surface area (Å²) in [6.45, 7) is 9.95. The van der Waals surface area contributed by atoms with Crippen molar-refractivity contribution in [3.05, 3.63) is 0 Å². The summed E-state index contributed by atoms with van der Waals surface area (Å²) in [5, 5.41) is 3.39. The van der Waals surface area contributed by atoms with Crippen LogP contribution in [0.4, 0.5) is 4.79 Å². The Morgan fingerprint density at radius 1 is 1.11 bits per heavy atom. The molecule has 3 rings (SSSR count). The van der Waals surface area contributed by atoms with Crippen LogP contribution in [0.25, 0.3) is 0 Å². The summed E-state index contributed by atoms with van der Waals surface area (Å²) in [5.74, 6) is 0. The lowest BCUT2D eigenvalue weighted by Crippen LogP contribution is -2.65. The SMILES string of the molecule is CC(C)(C)OC(=O)N1CCC2(CC1)CC1(CNC1)C2. The van der Waals surface area contributed by atoms with Crippen LogP contribution in [0.5, 0.6) is 0 Å². The highest BCUT2D eigenvalue weighted by atomic mass is 16.6. The molecule has 0 aromatic rings. The second kappa shape index (κ2) is 4.11. The highest BCUT2D eigenvalue weighted by molar-refractivity contribution is 5.68. The molecular formula is C15H26N2O2. The van der Waals surface area contributed by atoms with E-state index in [1.807, 2.05) is 25.7 Å². The molecular weight excluding hydrogens is 240 g/mol. The molecule has 2 heterocycles. The molecule has 0 aromatic carbocycles. The van der Waals surface area contributed by atoms with E-state index in [0.29, 0.717) is 10.8 Å². The Balaban J connectivity index is 1.49. The summed E-state index contributed by atoms with van der Waals surface area (Å²) >= 11 is 0. The van der Waals surface area contributed by atoms with Gasteiger partial charge in [0.25, 0.3) is 0 Å². The number of carbonyl (C=O) groups excluding carboxylic acids is 1. The molecule has 4 heteroatoms. The first-order valence-corrected chi connectivity index (χ1v) is 7.50. The molecule has 0 radical (unpaired) electrons. The van der Waals surface area contributed by atoms with Gasteiger partial charge in [-0.05, 0) is 57.3 Å². The first-order valence-electron chi connectivity index (χ1n) is 7.50. The van der Waals surface area contributed by atoms with E-state index < -0.39 is 0 Å². The first-order chi connectivity index (χ1) is 8.82. The van der Waals surface area contributed by atoms with Crippen LogP contribution in [0.1, 0.15) is 46.5 Å². The second-order valence-corrected chi connectivity index (χ2v) is 7.92. The minimum Gasteiger partial charge on any atom is -0.444 e. The van der Waals surface area contributed by atoms with Gasteiger partial charge in [-0.3, -0.25) is 0 Å². The molecule has 0 unspecified atom stereocenters. The van der Waals surface area contributed by atoms with Crippen molar-refractivity contribution in [2.24, 2.45) is 10.8 Å². The lowest BCUT2D eigenvalue weighted by atomic mass is 9.47. The Morgan fingerprint density at radius 3 is 2.11 bits per heavy atom. The van der Waals surface area contributed by atoms with Gasteiger partial charge >= 0.3 is 6.09 Å². The number of amides is 1. The number of piperidine rings is 1. The molecule has 0 aromatic heterocycles. The van der Waals surface area contributed by atoms with Crippen LogP contribution in [0.3, 0.4) is 0 Å². The Bertz CT molecular complexity index is 364. The van der Waals surface area contributed by atoms with Gasteiger partial charge in [-0.15, -0.1) is 0 Å². The number of likely N-dealkylation sites (tertiary alicyclic amines) is 1. The van der Waals surface area contributed by atoms with E-state index in [2.05, 4.69) is 5.32 Å². The monoisotopic (exact) mass is 266 g/mol. The van der Waals surface area contributed by atoms with Crippen LogP contribution in [0.2, 0.25) is 0 Å². The largest absolute Gasteiger partial charge is 0.444 e.